The fourth-order valence-corrected chi connectivity index (χ4v) is 3.98. The van der Waals surface area contributed by atoms with Gasteiger partial charge in [0.2, 0.25) is 0 Å². The molecular weight excluding hydrogens is 407 g/mol. The van der Waals surface area contributed by atoms with Gasteiger partial charge in [0.25, 0.3) is 0 Å². The molecule has 3 aromatic heterocycles. The lowest BCUT2D eigenvalue weighted by atomic mass is 9.90. The Labute approximate surface area is 178 Å². The van der Waals surface area contributed by atoms with E-state index in [-0.39, 0.29) is 24.7 Å². The number of hydrogen-bond acceptors (Lipinski definition) is 5. The zero-order valence-corrected chi connectivity index (χ0v) is 17.3. The highest BCUT2D eigenvalue weighted by atomic mass is 19.4. The number of aromatic nitrogens is 4. The van der Waals surface area contributed by atoms with E-state index in [2.05, 4.69) is 15.1 Å². The molecule has 0 amide bonds. The molecule has 1 saturated heterocycles. The van der Waals surface area contributed by atoms with E-state index < -0.39 is 12.6 Å². The molecule has 4 heterocycles. The summed E-state index contributed by atoms with van der Waals surface area (Å²) in [5.74, 6) is -0.0214. The van der Waals surface area contributed by atoms with Gasteiger partial charge in [-0.05, 0) is 43.5 Å². The first-order valence-electron chi connectivity index (χ1n) is 10.3. The van der Waals surface area contributed by atoms with Crippen LogP contribution in [0.5, 0.6) is 0 Å². The molecule has 3 aromatic rings. The first kappa shape index (κ1) is 21.4. The molecule has 0 atom stereocenters. The van der Waals surface area contributed by atoms with Gasteiger partial charge in [-0.3, -0.25) is 19.4 Å². The molecule has 0 spiro atoms. The van der Waals surface area contributed by atoms with Gasteiger partial charge in [0.1, 0.15) is 5.78 Å². The molecule has 4 rings (SSSR count). The number of aryl methyl sites for hydroxylation is 1. The topological polar surface area (TPSA) is 63.9 Å². The zero-order chi connectivity index (χ0) is 22.0. The Morgan fingerprint density at radius 3 is 2.52 bits per heavy atom. The minimum atomic E-state index is -4.14. The fourth-order valence-electron chi connectivity index (χ4n) is 3.98. The predicted molar refractivity (Wildman–Crippen MR) is 110 cm³/mol. The van der Waals surface area contributed by atoms with Crippen LogP contribution in [0.3, 0.4) is 0 Å². The van der Waals surface area contributed by atoms with Crippen LogP contribution in [0.25, 0.3) is 22.0 Å². The Bertz CT molecular complexity index is 1070. The minimum Gasteiger partial charge on any atom is -0.303 e. The van der Waals surface area contributed by atoms with Crippen molar-refractivity contribution in [3.63, 3.8) is 0 Å². The van der Waals surface area contributed by atoms with E-state index >= 15 is 0 Å². The highest BCUT2D eigenvalue weighted by molar-refractivity contribution is 5.87. The van der Waals surface area contributed by atoms with E-state index in [1.807, 2.05) is 25.4 Å². The third-order valence-corrected chi connectivity index (χ3v) is 5.77. The van der Waals surface area contributed by atoms with Crippen molar-refractivity contribution in [1.82, 2.24) is 24.6 Å². The first-order chi connectivity index (χ1) is 14.8. The van der Waals surface area contributed by atoms with Crippen LogP contribution in [0.4, 0.5) is 13.2 Å². The standard InChI is InChI=1S/C22H24F3N5O/c1-29-14-18(13-28-29)20-9-16-8-19(26-11-17(16)12-27-20)10-21(31)15-2-5-30(6-3-15)7-4-22(23,24)25/h8-9,11-15H,2-7,10H2,1H3. The maximum atomic E-state index is 12.8. The number of halogens is 3. The molecule has 1 aliphatic heterocycles. The fraction of sp³-hybridized carbons (Fsp3) is 0.455. The van der Waals surface area contributed by atoms with Crippen LogP contribution in [-0.4, -0.2) is 56.2 Å². The SMILES string of the molecule is Cn1cc(-c2cc3cc(CC(=O)C4CCN(CCC(F)(F)F)CC4)ncc3cn2)cn1. The smallest absolute Gasteiger partial charge is 0.303 e. The van der Waals surface area contributed by atoms with E-state index in [0.29, 0.717) is 31.6 Å². The average Bonchev–Trinajstić information content (AvgIpc) is 3.18. The van der Waals surface area contributed by atoms with Crippen molar-refractivity contribution >= 4 is 16.6 Å². The second-order valence-electron chi connectivity index (χ2n) is 8.12. The summed E-state index contributed by atoms with van der Waals surface area (Å²) in [5, 5.41) is 6.01. The molecule has 31 heavy (non-hydrogen) atoms. The molecular formula is C22H24F3N5O. The Morgan fingerprint density at radius 1 is 1.10 bits per heavy atom. The quantitative estimate of drug-likeness (QED) is 0.594. The first-order valence-corrected chi connectivity index (χ1v) is 10.3. The molecule has 0 aliphatic carbocycles. The molecule has 0 radical (unpaired) electrons. The van der Waals surface area contributed by atoms with Gasteiger partial charge in [-0.15, -0.1) is 0 Å². The molecule has 0 unspecified atom stereocenters. The average molecular weight is 431 g/mol. The van der Waals surface area contributed by atoms with Gasteiger partial charge in [0.05, 0.1) is 18.3 Å². The number of hydrogen-bond donors (Lipinski definition) is 0. The number of carbonyl (C=O) groups excluding carboxylic acids is 1. The highest BCUT2D eigenvalue weighted by Crippen LogP contribution is 2.25. The third kappa shape index (κ3) is 5.46. The monoisotopic (exact) mass is 431 g/mol. The normalized spacial score (nSPS) is 16.1. The molecule has 0 bridgehead atoms. The van der Waals surface area contributed by atoms with Crippen molar-refractivity contribution in [2.45, 2.75) is 31.9 Å². The minimum absolute atomic E-state index is 0.00391. The van der Waals surface area contributed by atoms with E-state index in [9.17, 15) is 18.0 Å². The molecule has 1 aliphatic rings. The van der Waals surface area contributed by atoms with Gasteiger partial charge in [-0.2, -0.15) is 18.3 Å². The van der Waals surface area contributed by atoms with Crippen molar-refractivity contribution in [3.8, 4) is 11.3 Å². The number of pyridine rings is 2. The van der Waals surface area contributed by atoms with Gasteiger partial charge >= 0.3 is 6.18 Å². The Kier molecular flexibility index (Phi) is 6.04. The van der Waals surface area contributed by atoms with Crippen molar-refractivity contribution in [2.75, 3.05) is 19.6 Å². The van der Waals surface area contributed by atoms with Crippen molar-refractivity contribution < 1.29 is 18.0 Å². The van der Waals surface area contributed by atoms with Gasteiger partial charge in [0.15, 0.2) is 0 Å². The highest BCUT2D eigenvalue weighted by Gasteiger charge is 2.30. The summed E-state index contributed by atoms with van der Waals surface area (Å²) >= 11 is 0. The van der Waals surface area contributed by atoms with Crippen LogP contribution in [0.15, 0.2) is 36.9 Å². The molecule has 164 valence electrons. The van der Waals surface area contributed by atoms with Crippen molar-refractivity contribution in [1.29, 1.82) is 0 Å². The number of Topliss-reactive ketones (excluding diaryl/α,β-unsaturated/α-hetero) is 1. The summed E-state index contributed by atoms with van der Waals surface area (Å²) in [7, 11) is 1.85. The summed E-state index contributed by atoms with van der Waals surface area (Å²) in [4.78, 5) is 23.4. The molecule has 6 nitrogen and oxygen atoms in total. The maximum absolute atomic E-state index is 12.8. The number of likely N-dealkylation sites (tertiary alicyclic amines) is 1. The number of fused-ring (bicyclic) bond motifs is 1. The van der Waals surface area contributed by atoms with E-state index in [4.69, 9.17) is 0 Å². The lowest BCUT2D eigenvalue weighted by Crippen LogP contribution is -2.38. The molecule has 0 aromatic carbocycles. The van der Waals surface area contributed by atoms with Crippen LogP contribution < -0.4 is 0 Å². The van der Waals surface area contributed by atoms with Gasteiger partial charge in [-0.1, -0.05) is 0 Å². The lowest BCUT2D eigenvalue weighted by Gasteiger charge is -2.31. The summed E-state index contributed by atoms with van der Waals surface area (Å²) in [6.07, 6.45) is 3.60. The van der Waals surface area contributed by atoms with Crippen LogP contribution in [0.1, 0.15) is 25.0 Å². The van der Waals surface area contributed by atoms with E-state index in [1.165, 1.54) is 0 Å². The largest absolute Gasteiger partial charge is 0.390 e. The van der Waals surface area contributed by atoms with Gasteiger partial charge in [0, 0.05) is 61.2 Å². The number of alkyl halides is 3. The summed E-state index contributed by atoms with van der Waals surface area (Å²) in [6.45, 7) is 1.06. The second-order valence-corrected chi connectivity index (χ2v) is 8.12. The Morgan fingerprint density at radius 2 is 1.84 bits per heavy atom. The van der Waals surface area contributed by atoms with Crippen molar-refractivity contribution in [2.24, 2.45) is 13.0 Å². The second kappa shape index (κ2) is 8.74. The lowest BCUT2D eigenvalue weighted by molar-refractivity contribution is -0.139. The van der Waals surface area contributed by atoms with Crippen LogP contribution >= 0.6 is 0 Å². The summed E-state index contributed by atoms with van der Waals surface area (Å²) in [6, 6.07) is 3.87. The molecule has 1 fully saturated rings. The number of carbonyl (C=O) groups is 1. The zero-order valence-electron chi connectivity index (χ0n) is 17.3. The van der Waals surface area contributed by atoms with Gasteiger partial charge in [-0.25, -0.2) is 0 Å². The molecule has 9 heteroatoms. The summed E-state index contributed by atoms with van der Waals surface area (Å²) < 4.78 is 38.9. The number of piperidine rings is 1. The van der Waals surface area contributed by atoms with Crippen LogP contribution in [0.2, 0.25) is 0 Å². The number of nitrogens with zero attached hydrogens (tertiary/aromatic N) is 5. The van der Waals surface area contributed by atoms with Crippen LogP contribution in [0, 0.1) is 5.92 Å². The number of rotatable bonds is 6. The Hall–Kier alpha value is -2.81. The molecule has 0 N–H and O–H groups in total. The predicted octanol–water partition coefficient (Wildman–Crippen LogP) is 3.81. The maximum Gasteiger partial charge on any atom is 0.390 e. The summed E-state index contributed by atoms with van der Waals surface area (Å²) in [5.41, 5.74) is 2.41. The van der Waals surface area contributed by atoms with Crippen molar-refractivity contribution in [3.05, 3.63) is 42.6 Å². The molecule has 0 saturated carbocycles. The van der Waals surface area contributed by atoms with Crippen LogP contribution in [-0.2, 0) is 18.3 Å². The third-order valence-electron chi connectivity index (χ3n) is 5.77. The van der Waals surface area contributed by atoms with E-state index in [0.717, 1.165) is 22.0 Å². The number of ketones is 1. The Balaban J connectivity index is 1.38. The van der Waals surface area contributed by atoms with Gasteiger partial charge < -0.3 is 4.90 Å². The van der Waals surface area contributed by atoms with E-state index in [1.54, 1.807) is 28.2 Å².